The summed E-state index contributed by atoms with van der Waals surface area (Å²) < 4.78 is 6.18. The fourth-order valence-electron chi connectivity index (χ4n) is 4.71. The van der Waals surface area contributed by atoms with E-state index < -0.39 is 5.41 Å². The first-order valence-electron chi connectivity index (χ1n) is 12.1. The molecule has 6 nitrogen and oxygen atoms in total. The maximum absolute atomic E-state index is 13.4. The SMILES string of the molecule is Cc1cccnc1C(=O)N1CCCC(COc2ccccc2)(CC(=O)N(C)Cc2ccccc2)C1. The number of para-hydroxylation sites is 1. The average Bonchev–Trinajstić information content (AvgIpc) is 2.89. The molecule has 1 unspecified atom stereocenters. The highest BCUT2D eigenvalue weighted by Crippen LogP contribution is 2.36. The van der Waals surface area contributed by atoms with Crippen LogP contribution in [0, 0.1) is 12.3 Å². The molecule has 0 spiro atoms. The standard InChI is InChI=1S/C29H33N3O3/c1-23-11-9-17-30-27(23)28(34)32-18-10-16-29(21-32,22-35-25-14-7-4-8-15-25)19-26(33)31(2)20-24-12-5-3-6-13-24/h3-9,11-15,17H,10,16,18-22H2,1-2H3. The van der Waals surface area contributed by atoms with Crippen LogP contribution < -0.4 is 4.74 Å². The Kier molecular flexibility index (Phi) is 7.80. The number of rotatable bonds is 8. The van der Waals surface area contributed by atoms with E-state index in [1.165, 1.54) is 0 Å². The molecule has 1 fully saturated rings. The van der Waals surface area contributed by atoms with Gasteiger partial charge in [-0.2, -0.15) is 0 Å². The minimum atomic E-state index is -0.478. The van der Waals surface area contributed by atoms with Crippen molar-refractivity contribution in [1.29, 1.82) is 0 Å². The molecule has 1 aliphatic rings. The van der Waals surface area contributed by atoms with Crippen LogP contribution in [-0.2, 0) is 11.3 Å². The van der Waals surface area contributed by atoms with Crippen molar-refractivity contribution in [3.05, 3.63) is 95.8 Å². The number of benzene rings is 2. The summed E-state index contributed by atoms with van der Waals surface area (Å²) in [5.74, 6) is 0.729. The number of amides is 2. The van der Waals surface area contributed by atoms with Gasteiger partial charge in [-0.15, -0.1) is 0 Å². The van der Waals surface area contributed by atoms with E-state index in [4.69, 9.17) is 4.74 Å². The monoisotopic (exact) mass is 471 g/mol. The molecule has 182 valence electrons. The summed E-state index contributed by atoms with van der Waals surface area (Å²) in [6.45, 7) is 3.92. The number of aryl methyl sites for hydroxylation is 1. The molecule has 4 rings (SSSR count). The van der Waals surface area contributed by atoms with Gasteiger partial charge in [-0.3, -0.25) is 14.6 Å². The van der Waals surface area contributed by atoms with Gasteiger partial charge in [0.2, 0.25) is 5.91 Å². The molecule has 2 heterocycles. The van der Waals surface area contributed by atoms with Crippen LogP contribution >= 0.6 is 0 Å². The second-order valence-corrected chi connectivity index (χ2v) is 9.51. The van der Waals surface area contributed by atoms with E-state index in [0.29, 0.717) is 38.4 Å². The lowest BCUT2D eigenvalue weighted by Gasteiger charge is -2.42. The van der Waals surface area contributed by atoms with Crippen molar-refractivity contribution in [3.8, 4) is 5.75 Å². The van der Waals surface area contributed by atoms with E-state index >= 15 is 0 Å². The minimum Gasteiger partial charge on any atom is -0.493 e. The summed E-state index contributed by atoms with van der Waals surface area (Å²) in [4.78, 5) is 34.7. The second-order valence-electron chi connectivity index (χ2n) is 9.51. The van der Waals surface area contributed by atoms with Crippen molar-refractivity contribution in [2.75, 3.05) is 26.7 Å². The lowest BCUT2D eigenvalue weighted by atomic mass is 9.77. The van der Waals surface area contributed by atoms with E-state index in [9.17, 15) is 9.59 Å². The van der Waals surface area contributed by atoms with Crippen LogP contribution in [0.25, 0.3) is 0 Å². The third kappa shape index (κ3) is 6.27. The van der Waals surface area contributed by atoms with Gasteiger partial charge in [-0.1, -0.05) is 54.6 Å². The van der Waals surface area contributed by atoms with Crippen LogP contribution in [0.3, 0.4) is 0 Å². The number of likely N-dealkylation sites (tertiary alicyclic amines) is 1. The van der Waals surface area contributed by atoms with E-state index in [2.05, 4.69) is 4.98 Å². The number of piperidine rings is 1. The van der Waals surface area contributed by atoms with Gasteiger partial charge in [0.05, 0.1) is 6.61 Å². The fraction of sp³-hybridized carbons (Fsp3) is 0.345. The average molecular weight is 472 g/mol. The first-order chi connectivity index (χ1) is 17.0. The Bertz CT molecular complexity index is 1140. The smallest absolute Gasteiger partial charge is 0.272 e. The van der Waals surface area contributed by atoms with Crippen molar-refractivity contribution in [2.45, 2.75) is 32.7 Å². The number of aromatic nitrogens is 1. The zero-order chi connectivity index (χ0) is 24.7. The van der Waals surface area contributed by atoms with Gasteiger partial charge in [-0.05, 0) is 49.1 Å². The Labute approximate surface area is 207 Å². The molecule has 1 saturated heterocycles. The minimum absolute atomic E-state index is 0.0498. The molecule has 35 heavy (non-hydrogen) atoms. The molecule has 0 bridgehead atoms. The van der Waals surface area contributed by atoms with Gasteiger partial charge in [0.15, 0.2) is 0 Å². The topological polar surface area (TPSA) is 62.7 Å². The number of hydrogen-bond donors (Lipinski definition) is 0. The second kappa shape index (κ2) is 11.2. The molecular weight excluding hydrogens is 438 g/mol. The molecule has 1 atom stereocenters. The summed E-state index contributed by atoms with van der Waals surface area (Å²) in [7, 11) is 1.84. The van der Waals surface area contributed by atoms with Crippen LogP contribution in [0.5, 0.6) is 5.75 Å². The third-order valence-corrected chi connectivity index (χ3v) is 6.66. The summed E-state index contributed by atoms with van der Waals surface area (Å²) in [5.41, 5.74) is 1.94. The highest BCUT2D eigenvalue weighted by Gasteiger charge is 2.41. The van der Waals surface area contributed by atoms with Crippen LogP contribution in [0.15, 0.2) is 79.0 Å². The van der Waals surface area contributed by atoms with E-state index in [1.54, 1.807) is 11.1 Å². The van der Waals surface area contributed by atoms with Crippen molar-refractivity contribution in [2.24, 2.45) is 5.41 Å². The van der Waals surface area contributed by atoms with Crippen LogP contribution in [-0.4, -0.2) is 53.3 Å². The van der Waals surface area contributed by atoms with Gasteiger partial charge in [-0.25, -0.2) is 0 Å². The van der Waals surface area contributed by atoms with E-state index in [0.717, 1.165) is 29.7 Å². The number of pyridine rings is 1. The van der Waals surface area contributed by atoms with Crippen molar-refractivity contribution >= 4 is 11.8 Å². The molecule has 2 aromatic carbocycles. The zero-order valence-electron chi connectivity index (χ0n) is 20.5. The molecule has 3 aromatic rings. The van der Waals surface area contributed by atoms with Gasteiger partial charge in [0.25, 0.3) is 5.91 Å². The Morgan fingerprint density at radius 1 is 1.03 bits per heavy atom. The molecule has 0 aliphatic carbocycles. The largest absolute Gasteiger partial charge is 0.493 e. The Morgan fingerprint density at radius 2 is 1.74 bits per heavy atom. The molecule has 1 aromatic heterocycles. The number of ether oxygens (including phenoxy) is 1. The van der Waals surface area contributed by atoms with E-state index in [-0.39, 0.29) is 11.8 Å². The number of carbonyl (C=O) groups excluding carboxylic acids is 2. The third-order valence-electron chi connectivity index (χ3n) is 6.66. The zero-order valence-corrected chi connectivity index (χ0v) is 20.5. The molecule has 6 heteroatoms. The Morgan fingerprint density at radius 3 is 2.46 bits per heavy atom. The molecular formula is C29H33N3O3. The molecule has 0 N–H and O–H groups in total. The van der Waals surface area contributed by atoms with Gasteiger partial charge < -0.3 is 14.5 Å². The summed E-state index contributed by atoms with van der Waals surface area (Å²) >= 11 is 0. The number of nitrogens with zero attached hydrogens (tertiary/aromatic N) is 3. The van der Waals surface area contributed by atoms with Crippen LogP contribution in [0.1, 0.15) is 40.9 Å². The highest BCUT2D eigenvalue weighted by atomic mass is 16.5. The quantitative estimate of drug-likeness (QED) is 0.476. The van der Waals surface area contributed by atoms with Gasteiger partial charge >= 0.3 is 0 Å². The molecule has 1 aliphatic heterocycles. The maximum atomic E-state index is 13.4. The molecule has 2 amide bonds. The molecule has 0 radical (unpaired) electrons. The normalized spacial score (nSPS) is 17.6. The summed E-state index contributed by atoms with van der Waals surface area (Å²) in [6.07, 6.45) is 3.59. The highest BCUT2D eigenvalue weighted by molar-refractivity contribution is 5.93. The van der Waals surface area contributed by atoms with Crippen molar-refractivity contribution in [1.82, 2.24) is 14.8 Å². The van der Waals surface area contributed by atoms with Crippen molar-refractivity contribution < 1.29 is 14.3 Å². The first kappa shape index (κ1) is 24.5. The maximum Gasteiger partial charge on any atom is 0.272 e. The fourth-order valence-corrected chi connectivity index (χ4v) is 4.71. The van der Waals surface area contributed by atoms with Gasteiger partial charge in [0, 0.05) is 44.7 Å². The van der Waals surface area contributed by atoms with Crippen molar-refractivity contribution in [3.63, 3.8) is 0 Å². The Hall–Kier alpha value is -3.67. The summed E-state index contributed by atoms with van der Waals surface area (Å²) in [6, 6.07) is 23.4. The van der Waals surface area contributed by atoms with Gasteiger partial charge in [0.1, 0.15) is 11.4 Å². The summed E-state index contributed by atoms with van der Waals surface area (Å²) in [5, 5.41) is 0. The predicted molar refractivity (Wildman–Crippen MR) is 136 cm³/mol. The lowest BCUT2D eigenvalue weighted by Crippen LogP contribution is -2.51. The molecule has 0 saturated carbocycles. The predicted octanol–water partition coefficient (Wildman–Crippen LogP) is 4.74. The Balaban J connectivity index is 1.53. The van der Waals surface area contributed by atoms with E-state index in [1.807, 2.05) is 91.7 Å². The lowest BCUT2D eigenvalue weighted by molar-refractivity contribution is -0.134. The van der Waals surface area contributed by atoms with Crippen LogP contribution in [0.2, 0.25) is 0 Å². The number of carbonyl (C=O) groups is 2. The van der Waals surface area contributed by atoms with Crippen LogP contribution in [0.4, 0.5) is 0 Å². The number of hydrogen-bond acceptors (Lipinski definition) is 4. The first-order valence-corrected chi connectivity index (χ1v) is 12.1.